The van der Waals surface area contributed by atoms with Gasteiger partial charge in [0.2, 0.25) is 0 Å². The van der Waals surface area contributed by atoms with Crippen LogP contribution in [0.1, 0.15) is 37.2 Å². The average molecular weight is 383 g/mol. The van der Waals surface area contributed by atoms with Crippen LogP contribution >= 0.6 is 0 Å². The van der Waals surface area contributed by atoms with Crippen molar-refractivity contribution in [3.63, 3.8) is 0 Å². The molecule has 1 aromatic heterocycles. The summed E-state index contributed by atoms with van der Waals surface area (Å²) in [5.41, 5.74) is 0.760. The lowest BCUT2D eigenvalue weighted by atomic mass is 9.97. The molecule has 2 aromatic rings. The number of piperidine rings is 1. The number of cyclic esters (lactones) is 1. The van der Waals surface area contributed by atoms with Crippen LogP contribution in [0, 0.1) is 5.92 Å². The number of pyridine rings is 1. The number of rotatable bonds is 3. The summed E-state index contributed by atoms with van der Waals surface area (Å²) in [5, 5.41) is 10.8. The van der Waals surface area contributed by atoms with Crippen molar-refractivity contribution in [2.24, 2.45) is 5.92 Å². The zero-order valence-corrected chi connectivity index (χ0v) is 16.2. The molecule has 1 N–H and O–H groups in total. The number of carbonyl (C=O) groups excluding carboxylic acids is 2. The van der Waals surface area contributed by atoms with E-state index in [1.165, 1.54) is 0 Å². The Morgan fingerprint density at radius 1 is 1.21 bits per heavy atom. The van der Waals surface area contributed by atoms with E-state index < -0.39 is 0 Å². The van der Waals surface area contributed by atoms with Gasteiger partial charge in [0.1, 0.15) is 23.6 Å². The van der Waals surface area contributed by atoms with Crippen molar-refractivity contribution in [3.8, 4) is 5.75 Å². The van der Waals surface area contributed by atoms with Gasteiger partial charge in [-0.3, -0.25) is 9.69 Å². The number of para-hydroxylation sites is 1. The van der Waals surface area contributed by atoms with Crippen molar-refractivity contribution in [1.82, 2.24) is 14.8 Å². The molecule has 1 unspecified atom stereocenters. The van der Waals surface area contributed by atoms with Crippen LogP contribution in [-0.2, 0) is 4.74 Å². The molecule has 0 radical (unpaired) electrons. The third kappa shape index (κ3) is 3.25. The second-order valence-corrected chi connectivity index (χ2v) is 7.86. The molecule has 28 heavy (non-hydrogen) atoms. The Hall–Kier alpha value is -2.83. The molecule has 0 bridgehead atoms. The zero-order chi connectivity index (χ0) is 19.8. The van der Waals surface area contributed by atoms with Gasteiger partial charge in [-0.2, -0.15) is 0 Å². The Kier molecular flexibility index (Phi) is 4.83. The van der Waals surface area contributed by atoms with Crippen LogP contribution in [0.15, 0.2) is 30.3 Å². The fourth-order valence-corrected chi connectivity index (χ4v) is 4.14. The lowest BCUT2D eigenvalue weighted by molar-refractivity contribution is 0.0615. The number of likely N-dealkylation sites (tertiary alicyclic amines) is 1. The summed E-state index contributed by atoms with van der Waals surface area (Å²) in [4.78, 5) is 33.1. The SMILES string of the molecule is CC(C)C1COC(=O)N1C1CCN(C(=O)c2ccc3cccc(O)c3n2)CC1. The molecule has 148 valence electrons. The minimum absolute atomic E-state index is 0.0677. The number of phenols is 1. The number of fused-ring (bicyclic) bond motifs is 1. The second-order valence-electron chi connectivity index (χ2n) is 7.86. The van der Waals surface area contributed by atoms with E-state index in [0.717, 1.165) is 18.2 Å². The number of ether oxygens (including phenoxy) is 1. The molecule has 7 nitrogen and oxygen atoms in total. The Morgan fingerprint density at radius 3 is 2.68 bits per heavy atom. The van der Waals surface area contributed by atoms with Crippen molar-refractivity contribution in [2.75, 3.05) is 19.7 Å². The molecule has 3 heterocycles. The maximum absolute atomic E-state index is 12.9. The number of amides is 2. The fraction of sp³-hybridized carbons (Fsp3) is 0.476. The van der Waals surface area contributed by atoms with E-state index in [-0.39, 0.29) is 29.8 Å². The summed E-state index contributed by atoms with van der Waals surface area (Å²) in [7, 11) is 0. The first-order valence-corrected chi connectivity index (χ1v) is 9.79. The molecular weight excluding hydrogens is 358 g/mol. The van der Waals surface area contributed by atoms with Crippen LogP contribution in [-0.4, -0.2) is 63.7 Å². The number of nitrogens with zero attached hydrogens (tertiary/aromatic N) is 3. The van der Waals surface area contributed by atoms with Gasteiger partial charge in [-0.05, 0) is 30.9 Å². The third-order valence-electron chi connectivity index (χ3n) is 5.78. The predicted molar refractivity (Wildman–Crippen MR) is 104 cm³/mol. The number of hydrogen-bond acceptors (Lipinski definition) is 5. The molecule has 0 aliphatic carbocycles. The van der Waals surface area contributed by atoms with Gasteiger partial charge < -0.3 is 14.7 Å². The number of phenolic OH excluding ortho intramolecular Hbond substituents is 1. The molecule has 2 aliphatic rings. The molecule has 2 fully saturated rings. The van der Waals surface area contributed by atoms with Crippen LogP contribution in [0.25, 0.3) is 10.9 Å². The quantitative estimate of drug-likeness (QED) is 0.881. The minimum Gasteiger partial charge on any atom is -0.506 e. The fourth-order valence-electron chi connectivity index (χ4n) is 4.14. The maximum atomic E-state index is 12.9. The van der Waals surface area contributed by atoms with Crippen molar-refractivity contribution in [3.05, 3.63) is 36.0 Å². The molecule has 7 heteroatoms. The Bertz CT molecular complexity index is 906. The van der Waals surface area contributed by atoms with E-state index in [2.05, 4.69) is 18.8 Å². The topological polar surface area (TPSA) is 83.0 Å². The molecule has 0 saturated carbocycles. The van der Waals surface area contributed by atoms with E-state index in [1.54, 1.807) is 29.2 Å². The van der Waals surface area contributed by atoms with Crippen molar-refractivity contribution in [1.29, 1.82) is 0 Å². The molecular formula is C21H25N3O4. The molecule has 4 rings (SSSR count). The normalized spacial score (nSPS) is 20.8. The van der Waals surface area contributed by atoms with E-state index in [9.17, 15) is 14.7 Å². The van der Waals surface area contributed by atoms with Gasteiger partial charge >= 0.3 is 6.09 Å². The molecule has 2 saturated heterocycles. The smallest absolute Gasteiger partial charge is 0.410 e. The number of carbonyl (C=O) groups is 2. The Labute approximate surface area is 163 Å². The van der Waals surface area contributed by atoms with Gasteiger partial charge in [0, 0.05) is 24.5 Å². The largest absolute Gasteiger partial charge is 0.506 e. The van der Waals surface area contributed by atoms with Gasteiger partial charge in [0.15, 0.2) is 0 Å². The van der Waals surface area contributed by atoms with Crippen molar-refractivity contribution < 1.29 is 19.4 Å². The predicted octanol–water partition coefficient (Wildman–Crippen LogP) is 3.02. The van der Waals surface area contributed by atoms with Crippen LogP contribution in [0.3, 0.4) is 0 Å². The van der Waals surface area contributed by atoms with Crippen LogP contribution in [0.5, 0.6) is 5.75 Å². The van der Waals surface area contributed by atoms with Gasteiger partial charge in [-0.25, -0.2) is 9.78 Å². The minimum atomic E-state index is -0.241. The van der Waals surface area contributed by atoms with E-state index in [0.29, 0.717) is 36.8 Å². The van der Waals surface area contributed by atoms with Gasteiger partial charge in [-0.15, -0.1) is 0 Å². The second kappa shape index (κ2) is 7.30. The summed E-state index contributed by atoms with van der Waals surface area (Å²) in [6.45, 7) is 5.77. The van der Waals surface area contributed by atoms with E-state index in [4.69, 9.17) is 4.74 Å². The monoisotopic (exact) mass is 383 g/mol. The average Bonchev–Trinajstić information content (AvgIpc) is 3.09. The highest BCUT2D eigenvalue weighted by atomic mass is 16.6. The first-order chi connectivity index (χ1) is 13.5. The third-order valence-corrected chi connectivity index (χ3v) is 5.78. The highest BCUT2D eigenvalue weighted by Crippen LogP contribution is 2.28. The summed E-state index contributed by atoms with van der Waals surface area (Å²) in [5.74, 6) is 0.256. The summed E-state index contributed by atoms with van der Waals surface area (Å²) in [6.07, 6.45) is 1.21. The lowest BCUT2D eigenvalue weighted by Gasteiger charge is -2.38. The summed E-state index contributed by atoms with van der Waals surface area (Å²) in [6, 6.07) is 8.86. The number of aromatic hydroxyl groups is 1. The van der Waals surface area contributed by atoms with Crippen molar-refractivity contribution in [2.45, 2.75) is 38.8 Å². The summed E-state index contributed by atoms with van der Waals surface area (Å²) < 4.78 is 5.26. The lowest BCUT2D eigenvalue weighted by Crippen LogP contribution is -2.51. The Balaban J connectivity index is 1.46. The molecule has 1 atom stereocenters. The van der Waals surface area contributed by atoms with Crippen LogP contribution in [0.2, 0.25) is 0 Å². The van der Waals surface area contributed by atoms with E-state index >= 15 is 0 Å². The van der Waals surface area contributed by atoms with Crippen LogP contribution < -0.4 is 0 Å². The van der Waals surface area contributed by atoms with Gasteiger partial charge in [-0.1, -0.05) is 32.0 Å². The highest BCUT2D eigenvalue weighted by molar-refractivity contribution is 5.96. The zero-order valence-electron chi connectivity index (χ0n) is 16.2. The molecule has 1 aromatic carbocycles. The van der Waals surface area contributed by atoms with Crippen molar-refractivity contribution >= 4 is 22.9 Å². The summed E-state index contributed by atoms with van der Waals surface area (Å²) >= 11 is 0. The maximum Gasteiger partial charge on any atom is 0.410 e. The standard InChI is InChI=1S/C21H25N3O4/c1-13(2)17-12-28-21(27)24(17)15-8-10-23(11-9-15)20(26)16-7-6-14-4-3-5-18(25)19(14)22-16/h3-7,13,15,17,25H,8-12H2,1-2H3. The molecule has 2 aliphatic heterocycles. The van der Waals surface area contributed by atoms with Crippen LogP contribution in [0.4, 0.5) is 4.79 Å². The first kappa shape index (κ1) is 18.5. The number of hydrogen-bond donors (Lipinski definition) is 1. The van der Waals surface area contributed by atoms with E-state index in [1.807, 2.05) is 11.0 Å². The highest BCUT2D eigenvalue weighted by Gasteiger charge is 2.41. The molecule has 0 spiro atoms. The van der Waals surface area contributed by atoms with Gasteiger partial charge in [0.05, 0.1) is 6.04 Å². The number of aromatic nitrogens is 1. The number of benzene rings is 1. The Morgan fingerprint density at radius 2 is 1.96 bits per heavy atom. The first-order valence-electron chi connectivity index (χ1n) is 9.79. The molecule has 2 amide bonds. The van der Waals surface area contributed by atoms with Gasteiger partial charge in [0.25, 0.3) is 5.91 Å².